The lowest BCUT2D eigenvalue weighted by Crippen LogP contribution is -2.11. The lowest BCUT2D eigenvalue weighted by atomic mass is 10.1. The molecule has 0 aliphatic heterocycles. The summed E-state index contributed by atoms with van der Waals surface area (Å²) in [6.07, 6.45) is 0. The predicted octanol–water partition coefficient (Wildman–Crippen LogP) is 4.19. The van der Waals surface area contributed by atoms with Crippen LogP contribution in [0.2, 0.25) is 0 Å². The van der Waals surface area contributed by atoms with E-state index in [1.165, 1.54) is 12.1 Å². The van der Waals surface area contributed by atoms with Gasteiger partial charge in [-0.15, -0.1) is 0 Å². The molecule has 3 nitrogen and oxygen atoms in total. The lowest BCUT2D eigenvalue weighted by Gasteiger charge is -2.08. The molecule has 1 heterocycles. The summed E-state index contributed by atoms with van der Waals surface area (Å²) in [4.78, 5) is 11.9. The molecule has 3 aromatic carbocycles. The highest BCUT2D eigenvalue weighted by Gasteiger charge is 2.16. The van der Waals surface area contributed by atoms with Gasteiger partial charge in [0.05, 0.1) is 11.0 Å². The number of nitrogens with two attached hydrogens (primary N) is 1. The van der Waals surface area contributed by atoms with Crippen LogP contribution in [0, 0.1) is 18.8 Å². The van der Waals surface area contributed by atoms with Crippen LogP contribution in [0.4, 0.5) is 4.39 Å². The highest BCUT2D eigenvalue weighted by Crippen LogP contribution is 2.32. The van der Waals surface area contributed by atoms with Crippen molar-refractivity contribution in [2.75, 3.05) is 0 Å². The zero-order valence-electron chi connectivity index (χ0n) is 13.7. The van der Waals surface area contributed by atoms with Crippen LogP contribution in [-0.2, 0) is 6.54 Å². The molecule has 0 bridgehead atoms. The number of primary amides is 1. The Bertz CT molecular complexity index is 1110. The van der Waals surface area contributed by atoms with Crippen molar-refractivity contribution in [1.29, 1.82) is 0 Å². The normalized spacial score (nSPS) is 11.3. The van der Waals surface area contributed by atoms with E-state index in [2.05, 4.69) is 16.7 Å². The first-order valence-electron chi connectivity index (χ1n) is 8.02. The molecule has 4 rings (SSSR count). The van der Waals surface area contributed by atoms with Crippen LogP contribution >= 0.6 is 0 Å². The highest BCUT2D eigenvalue weighted by atomic mass is 19.1. The first kappa shape index (κ1) is 15.4. The third kappa shape index (κ3) is 2.56. The molecule has 0 fully saturated rings. The quantitative estimate of drug-likeness (QED) is 0.601. The maximum absolute atomic E-state index is 13.2. The number of hydrogen-bond acceptors (Lipinski definition) is 1. The van der Waals surface area contributed by atoms with Gasteiger partial charge in [0.2, 0.25) is 5.91 Å². The van der Waals surface area contributed by atoms with Gasteiger partial charge in [-0.1, -0.05) is 24.3 Å². The van der Waals surface area contributed by atoms with Crippen molar-refractivity contribution in [3.05, 3.63) is 83.2 Å². The summed E-state index contributed by atoms with van der Waals surface area (Å²) in [5.74, 6) is -0.716. The summed E-state index contributed by atoms with van der Waals surface area (Å²) in [6, 6.07) is 19.2. The summed E-state index contributed by atoms with van der Waals surface area (Å²) in [6.45, 7) is 2.57. The summed E-state index contributed by atoms with van der Waals surface area (Å²) in [5, 5.41) is 1.68. The van der Waals surface area contributed by atoms with Crippen LogP contribution in [-0.4, -0.2) is 10.5 Å². The molecule has 1 aromatic heterocycles. The summed E-state index contributed by atoms with van der Waals surface area (Å²) >= 11 is 0. The van der Waals surface area contributed by atoms with Crippen molar-refractivity contribution in [1.82, 2.24) is 4.57 Å². The van der Waals surface area contributed by atoms with Gasteiger partial charge in [0.25, 0.3) is 0 Å². The average Bonchev–Trinajstić information content (AvgIpc) is 2.90. The molecule has 0 saturated heterocycles. The maximum Gasteiger partial charge on any atom is 0.249 e. The van der Waals surface area contributed by atoms with E-state index in [9.17, 15) is 9.18 Å². The topological polar surface area (TPSA) is 48.0 Å². The van der Waals surface area contributed by atoms with E-state index >= 15 is 0 Å². The Morgan fingerprint density at radius 3 is 2.64 bits per heavy atom. The first-order valence-corrected chi connectivity index (χ1v) is 8.02. The van der Waals surface area contributed by atoms with E-state index in [-0.39, 0.29) is 5.82 Å². The van der Waals surface area contributed by atoms with Crippen LogP contribution in [0.25, 0.3) is 21.8 Å². The number of carbonyl (C=O) groups excluding carboxylic acids is 1. The van der Waals surface area contributed by atoms with Gasteiger partial charge in [-0.05, 0) is 54.4 Å². The minimum absolute atomic E-state index is 0.258. The molecule has 0 aliphatic carbocycles. The number of hydrogen-bond donors (Lipinski definition) is 1. The molecule has 1 amide bonds. The number of amides is 1. The number of aromatic nitrogens is 1. The second-order valence-electron chi connectivity index (χ2n) is 6.21. The van der Waals surface area contributed by atoms with Gasteiger partial charge in [-0.25, -0.2) is 4.39 Å². The fraction of sp³-hybridized carbons (Fsp3) is 0.0952. The Labute approximate surface area is 144 Å². The number of fused-ring (bicyclic) bond motifs is 3. The van der Waals surface area contributed by atoms with E-state index < -0.39 is 5.91 Å². The number of aryl methyl sites for hydroxylation is 1. The smallest absolute Gasteiger partial charge is 0.249 e. The van der Waals surface area contributed by atoms with Crippen LogP contribution in [0.15, 0.2) is 54.6 Å². The summed E-state index contributed by atoms with van der Waals surface area (Å²) in [5.41, 5.74) is 10.0. The van der Waals surface area contributed by atoms with E-state index in [0.29, 0.717) is 12.1 Å². The number of rotatable bonds is 3. The minimum atomic E-state index is -0.458. The molecule has 123 valence electrons. The van der Waals surface area contributed by atoms with Crippen LogP contribution in [0.1, 0.15) is 21.5 Å². The molecular weight excluding hydrogens is 315 g/mol. The first-order chi connectivity index (χ1) is 12.0. The second kappa shape index (κ2) is 5.74. The number of carbonyl (C=O) groups is 1. The van der Waals surface area contributed by atoms with Gasteiger partial charge in [0.1, 0.15) is 5.82 Å². The minimum Gasteiger partial charge on any atom is -0.366 e. The number of halogens is 1. The largest absolute Gasteiger partial charge is 0.366 e. The molecule has 0 atom stereocenters. The average molecular weight is 331 g/mol. The van der Waals surface area contributed by atoms with Crippen molar-refractivity contribution in [3.8, 4) is 0 Å². The molecule has 25 heavy (non-hydrogen) atoms. The molecule has 0 saturated carbocycles. The zero-order valence-corrected chi connectivity index (χ0v) is 13.7. The Hall–Kier alpha value is -3.14. The van der Waals surface area contributed by atoms with Crippen molar-refractivity contribution in [2.45, 2.75) is 13.5 Å². The standard InChI is InChI=1S/C21H16FN2O/c1-13-5-10-16-19(11-13)24(12-14-6-8-15(22)9-7-14)18-4-2-3-17(20(16)18)21(23)25/h2-9,11H,12H2,1H3,(H2,23,25). The van der Waals surface area contributed by atoms with E-state index in [0.717, 1.165) is 32.9 Å². The molecule has 4 aromatic rings. The zero-order chi connectivity index (χ0) is 17.6. The summed E-state index contributed by atoms with van der Waals surface area (Å²) in [7, 11) is 0. The SMILES string of the molecule is Cc1c[c]c2c3c(C(N)=O)cccc3n(Cc3ccc(F)cc3)c2c1. The predicted molar refractivity (Wildman–Crippen MR) is 97.0 cm³/mol. The fourth-order valence-electron chi connectivity index (χ4n) is 3.31. The fourth-order valence-corrected chi connectivity index (χ4v) is 3.31. The Balaban J connectivity index is 2.03. The van der Waals surface area contributed by atoms with Crippen molar-refractivity contribution >= 4 is 27.7 Å². The highest BCUT2D eigenvalue weighted by molar-refractivity contribution is 6.17. The monoisotopic (exact) mass is 331 g/mol. The number of nitrogens with zero attached hydrogens (tertiary/aromatic N) is 1. The third-order valence-corrected chi connectivity index (χ3v) is 4.46. The maximum atomic E-state index is 13.2. The van der Waals surface area contributed by atoms with E-state index in [1.54, 1.807) is 18.2 Å². The van der Waals surface area contributed by atoms with Gasteiger partial charge in [-0.2, -0.15) is 0 Å². The van der Waals surface area contributed by atoms with Crippen LogP contribution < -0.4 is 5.73 Å². The molecule has 0 spiro atoms. The van der Waals surface area contributed by atoms with Crippen molar-refractivity contribution in [3.63, 3.8) is 0 Å². The van der Waals surface area contributed by atoms with Gasteiger partial charge in [0, 0.05) is 22.9 Å². The molecule has 0 aliphatic rings. The van der Waals surface area contributed by atoms with Gasteiger partial charge < -0.3 is 10.3 Å². The van der Waals surface area contributed by atoms with Crippen LogP contribution in [0.5, 0.6) is 0 Å². The van der Waals surface area contributed by atoms with E-state index in [4.69, 9.17) is 5.73 Å². The van der Waals surface area contributed by atoms with Crippen molar-refractivity contribution < 1.29 is 9.18 Å². The third-order valence-electron chi connectivity index (χ3n) is 4.46. The second-order valence-corrected chi connectivity index (χ2v) is 6.21. The molecule has 2 N–H and O–H groups in total. The molecule has 4 heteroatoms. The number of benzene rings is 3. The molecule has 1 radical (unpaired) electrons. The Kier molecular flexibility index (Phi) is 3.53. The van der Waals surface area contributed by atoms with E-state index in [1.807, 2.05) is 25.1 Å². The Morgan fingerprint density at radius 2 is 1.92 bits per heavy atom. The van der Waals surface area contributed by atoms with Gasteiger partial charge in [0.15, 0.2) is 0 Å². The van der Waals surface area contributed by atoms with Crippen molar-refractivity contribution in [2.24, 2.45) is 5.73 Å². The van der Waals surface area contributed by atoms with Gasteiger partial charge in [-0.3, -0.25) is 4.79 Å². The molecule has 0 unspecified atom stereocenters. The molecular formula is C21H16FN2O. The summed E-state index contributed by atoms with van der Waals surface area (Å²) < 4.78 is 15.3. The Morgan fingerprint density at radius 1 is 1.16 bits per heavy atom. The lowest BCUT2D eigenvalue weighted by molar-refractivity contribution is 0.100. The van der Waals surface area contributed by atoms with Gasteiger partial charge >= 0.3 is 0 Å². The van der Waals surface area contributed by atoms with Crippen LogP contribution in [0.3, 0.4) is 0 Å².